The molecule has 2 amide bonds. The second-order valence-electron chi connectivity index (χ2n) is 6.56. The third kappa shape index (κ3) is 4.66. The van der Waals surface area contributed by atoms with Gasteiger partial charge >= 0.3 is 0 Å². The van der Waals surface area contributed by atoms with E-state index in [1.807, 2.05) is 31.2 Å². The molecule has 1 saturated carbocycles. The minimum atomic E-state index is -0.323. The number of carbonyl (C=O) groups is 2. The number of hydrogen-bond donors (Lipinski definition) is 2. The number of pyridine rings is 1. The predicted molar refractivity (Wildman–Crippen MR) is 97.7 cm³/mol. The van der Waals surface area contributed by atoms with Gasteiger partial charge in [-0.25, -0.2) is 0 Å². The Bertz CT molecular complexity index is 750. The van der Waals surface area contributed by atoms with Crippen molar-refractivity contribution in [3.8, 4) is 0 Å². The van der Waals surface area contributed by atoms with Crippen LogP contribution in [0.2, 0.25) is 0 Å². The van der Waals surface area contributed by atoms with Crippen LogP contribution in [-0.4, -0.2) is 22.8 Å². The quantitative estimate of drug-likeness (QED) is 0.893. The Hall–Kier alpha value is -2.69. The molecule has 1 fully saturated rings. The average molecular weight is 337 g/mol. The second kappa shape index (κ2) is 7.92. The highest BCUT2D eigenvalue weighted by molar-refractivity contribution is 6.04. The molecule has 130 valence electrons. The maximum absolute atomic E-state index is 12.4. The van der Waals surface area contributed by atoms with E-state index >= 15 is 0 Å². The van der Waals surface area contributed by atoms with Gasteiger partial charge in [0.2, 0.25) is 0 Å². The summed E-state index contributed by atoms with van der Waals surface area (Å²) in [7, 11) is 0. The molecule has 25 heavy (non-hydrogen) atoms. The number of nitrogens with zero attached hydrogens (tertiary/aromatic N) is 1. The summed E-state index contributed by atoms with van der Waals surface area (Å²) in [6, 6.07) is 11.0. The van der Waals surface area contributed by atoms with Crippen molar-refractivity contribution in [3.05, 3.63) is 59.4 Å². The number of anilines is 1. The molecule has 0 aliphatic heterocycles. The van der Waals surface area contributed by atoms with Crippen LogP contribution in [0.15, 0.2) is 42.6 Å². The Morgan fingerprint density at radius 1 is 1.00 bits per heavy atom. The van der Waals surface area contributed by atoms with Gasteiger partial charge in [-0.05, 0) is 44.0 Å². The lowest BCUT2D eigenvalue weighted by Gasteiger charge is -2.22. The van der Waals surface area contributed by atoms with Crippen molar-refractivity contribution in [3.63, 3.8) is 0 Å². The van der Waals surface area contributed by atoms with Gasteiger partial charge < -0.3 is 10.6 Å². The minimum Gasteiger partial charge on any atom is -0.349 e. The second-order valence-corrected chi connectivity index (χ2v) is 6.56. The Morgan fingerprint density at radius 2 is 1.72 bits per heavy atom. The Labute approximate surface area is 147 Å². The standard InChI is InChI=1S/C20H23N3O2/c1-14-7-9-17(10-8-14)23-20(25)18-13-15(11-12-21-18)19(24)22-16-5-3-2-4-6-16/h7-13,16H,2-6H2,1H3,(H,22,24)(H,23,25). The summed E-state index contributed by atoms with van der Waals surface area (Å²) in [4.78, 5) is 28.9. The highest BCUT2D eigenvalue weighted by Crippen LogP contribution is 2.18. The molecular weight excluding hydrogens is 314 g/mol. The van der Waals surface area contributed by atoms with Crippen LogP contribution in [0.3, 0.4) is 0 Å². The maximum atomic E-state index is 12.4. The lowest BCUT2D eigenvalue weighted by Crippen LogP contribution is -2.36. The van der Waals surface area contributed by atoms with Crippen LogP contribution in [0.5, 0.6) is 0 Å². The fraction of sp³-hybridized carbons (Fsp3) is 0.350. The number of aromatic nitrogens is 1. The number of carbonyl (C=O) groups excluding carboxylic acids is 2. The summed E-state index contributed by atoms with van der Waals surface area (Å²) in [6.07, 6.45) is 7.11. The largest absolute Gasteiger partial charge is 0.349 e. The first-order valence-corrected chi connectivity index (χ1v) is 8.77. The van der Waals surface area contributed by atoms with Gasteiger partial charge in [-0.15, -0.1) is 0 Å². The summed E-state index contributed by atoms with van der Waals surface area (Å²) in [6.45, 7) is 1.99. The van der Waals surface area contributed by atoms with E-state index in [9.17, 15) is 9.59 Å². The molecule has 0 spiro atoms. The number of benzene rings is 1. The van der Waals surface area contributed by atoms with Gasteiger partial charge in [-0.1, -0.05) is 37.0 Å². The molecular formula is C20H23N3O2. The van der Waals surface area contributed by atoms with E-state index < -0.39 is 0 Å². The van der Waals surface area contributed by atoms with E-state index in [2.05, 4.69) is 15.6 Å². The molecule has 1 aromatic heterocycles. The minimum absolute atomic E-state index is 0.140. The van der Waals surface area contributed by atoms with Gasteiger partial charge in [0.25, 0.3) is 11.8 Å². The summed E-state index contributed by atoms with van der Waals surface area (Å²) in [5.74, 6) is -0.463. The fourth-order valence-corrected chi connectivity index (χ4v) is 3.04. The van der Waals surface area contributed by atoms with Crippen molar-refractivity contribution in [2.24, 2.45) is 0 Å². The van der Waals surface area contributed by atoms with Gasteiger partial charge in [-0.2, -0.15) is 0 Å². The fourth-order valence-electron chi connectivity index (χ4n) is 3.04. The van der Waals surface area contributed by atoms with Crippen LogP contribution in [0.1, 0.15) is 58.5 Å². The zero-order chi connectivity index (χ0) is 17.6. The molecule has 0 saturated heterocycles. The molecule has 2 aromatic rings. The molecule has 0 atom stereocenters. The van der Waals surface area contributed by atoms with E-state index in [1.165, 1.54) is 12.6 Å². The highest BCUT2D eigenvalue weighted by Gasteiger charge is 2.18. The van der Waals surface area contributed by atoms with Gasteiger partial charge in [0.05, 0.1) is 0 Å². The van der Waals surface area contributed by atoms with Crippen LogP contribution in [0, 0.1) is 6.92 Å². The third-order valence-electron chi connectivity index (χ3n) is 4.50. The SMILES string of the molecule is Cc1ccc(NC(=O)c2cc(C(=O)NC3CCCCC3)ccn2)cc1. The lowest BCUT2D eigenvalue weighted by atomic mass is 9.95. The summed E-state index contributed by atoms with van der Waals surface area (Å²) >= 11 is 0. The Kier molecular flexibility index (Phi) is 5.43. The van der Waals surface area contributed by atoms with E-state index in [0.29, 0.717) is 11.3 Å². The van der Waals surface area contributed by atoms with Gasteiger partial charge in [0.1, 0.15) is 5.69 Å². The summed E-state index contributed by atoms with van der Waals surface area (Å²) < 4.78 is 0. The van der Waals surface area contributed by atoms with E-state index in [1.54, 1.807) is 12.1 Å². The van der Waals surface area contributed by atoms with E-state index in [4.69, 9.17) is 0 Å². The number of hydrogen-bond acceptors (Lipinski definition) is 3. The zero-order valence-electron chi connectivity index (χ0n) is 14.4. The van der Waals surface area contributed by atoms with Crippen LogP contribution in [0.4, 0.5) is 5.69 Å². The van der Waals surface area contributed by atoms with Gasteiger partial charge in [-0.3, -0.25) is 14.6 Å². The average Bonchev–Trinajstić information content (AvgIpc) is 2.64. The first-order chi connectivity index (χ1) is 12.1. The number of nitrogens with one attached hydrogen (secondary N) is 2. The van der Waals surface area contributed by atoms with Crippen LogP contribution >= 0.6 is 0 Å². The van der Waals surface area contributed by atoms with Gasteiger partial charge in [0, 0.05) is 23.5 Å². The molecule has 0 unspecified atom stereocenters. The molecule has 5 heteroatoms. The smallest absolute Gasteiger partial charge is 0.274 e. The van der Waals surface area contributed by atoms with Crippen LogP contribution in [-0.2, 0) is 0 Å². The van der Waals surface area contributed by atoms with E-state index in [0.717, 1.165) is 31.2 Å². The monoisotopic (exact) mass is 337 g/mol. The van der Waals surface area contributed by atoms with Crippen LogP contribution in [0.25, 0.3) is 0 Å². The molecule has 0 radical (unpaired) electrons. The molecule has 2 N–H and O–H groups in total. The lowest BCUT2D eigenvalue weighted by molar-refractivity contribution is 0.0927. The molecule has 0 bridgehead atoms. The number of amides is 2. The number of aryl methyl sites for hydroxylation is 1. The van der Waals surface area contributed by atoms with E-state index in [-0.39, 0.29) is 23.6 Å². The van der Waals surface area contributed by atoms with Crippen molar-refractivity contribution in [2.75, 3.05) is 5.32 Å². The maximum Gasteiger partial charge on any atom is 0.274 e. The van der Waals surface area contributed by atoms with Crippen molar-refractivity contribution < 1.29 is 9.59 Å². The summed E-state index contributed by atoms with van der Waals surface area (Å²) in [5, 5.41) is 5.86. The molecule has 1 aromatic carbocycles. The van der Waals surface area contributed by atoms with Crippen molar-refractivity contribution in [1.82, 2.24) is 10.3 Å². The predicted octanol–water partition coefficient (Wildman–Crippen LogP) is 3.70. The normalized spacial score (nSPS) is 14.8. The topological polar surface area (TPSA) is 71.1 Å². The van der Waals surface area contributed by atoms with Gasteiger partial charge in [0.15, 0.2) is 0 Å². The third-order valence-corrected chi connectivity index (χ3v) is 4.50. The molecule has 1 heterocycles. The van der Waals surface area contributed by atoms with Crippen molar-refractivity contribution >= 4 is 17.5 Å². The first-order valence-electron chi connectivity index (χ1n) is 8.77. The molecule has 1 aliphatic carbocycles. The molecule has 1 aliphatic rings. The zero-order valence-corrected chi connectivity index (χ0v) is 14.4. The van der Waals surface area contributed by atoms with Crippen molar-refractivity contribution in [1.29, 1.82) is 0 Å². The summed E-state index contributed by atoms with van der Waals surface area (Å²) in [5.41, 5.74) is 2.53. The first kappa shape index (κ1) is 17.1. The van der Waals surface area contributed by atoms with Crippen molar-refractivity contribution in [2.45, 2.75) is 45.1 Å². The Balaban J connectivity index is 1.66. The van der Waals surface area contributed by atoms with Crippen LogP contribution < -0.4 is 10.6 Å². The molecule has 5 nitrogen and oxygen atoms in total. The number of rotatable bonds is 4. The molecule has 3 rings (SSSR count). The Morgan fingerprint density at radius 3 is 2.44 bits per heavy atom. The highest BCUT2D eigenvalue weighted by atomic mass is 16.2.